The van der Waals surface area contributed by atoms with Gasteiger partial charge in [0.05, 0.1) is 0 Å². The summed E-state index contributed by atoms with van der Waals surface area (Å²) in [6, 6.07) is 0. The van der Waals surface area contributed by atoms with Crippen molar-refractivity contribution >= 4 is 5.91 Å². The van der Waals surface area contributed by atoms with E-state index in [1.165, 1.54) is 32.1 Å². The number of carbonyl (C=O) groups excluding carboxylic acids is 1. The Balaban J connectivity index is 2.15. The number of rotatable bonds is 7. The molecule has 1 heterocycles. The molecule has 0 radical (unpaired) electrons. The molecule has 0 bridgehead atoms. The van der Waals surface area contributed by atoms with Gasteiger partial charge in [-0.3, -0.25) is 4.79 Å². The molecule has 1 fully saturated rings. The molecule has 0 unspecified atom stereocenters. The van der Waals surface area contributed by atoms with Gasteiger partial charge < -0.3 is 9.80 Å². The van der Waals surface area contributed by atoms with Crippen LogP contribution >= 0.6 is 0 Å². The lowest BCUT2D eigenvalue weighted by atomic mass is 10.1. The van der Waals surface area contributed by atoms with Gasteiger partial charge in [-0.15, -0.1) is 0 Å². The van der Waals surface area contributed by atoms with E-state index in [0.29, 0.717) is 0 Å². The Labute approximate surface area is 118 Å². The highest BCUT2D eigenvalue weighted by atomic mass is 16.2. The molecule has 1 rings (SSSR count). The molecule has 0 atom stereocenters. The first-order chi connectivity index (χ1) is 9.24. The Kier molecular flexibility index (Phi) is 8.55. The minimum Gasteiger partial charge on any atom is -0.338 e. The molecule has 1 aliphatic rings. The smallest absolute Gasteiger partial charge is 0.246 e. The van der Waals surface area contributed by atoms with E-state index in [1.807, 2.05) is 4.90 Å². The molecular weight excluding hydrogens is 236 g/mol. The molecule has 0 saturated carbocycles. The van der Waals surface area contributed by atoms with Crippen LogP contribution in [0, 0.1) is 0 Å². The fourth-order valence-corrected chi connectivity index (χ4v) is 2.42. The molecule has 0 aromatic heterocycles. The van der Waals surface area contributed by atoms with Gasteiger partial charge in [0.25, 0.3) is 0 Å². The van der Waals surface area contributed by atoms with Crippen LogP contribution in [0.15, 0.2) is 12.2 Å². The van der Waals surface area contributed by atoms with Gasteiger partial charge in [-0.1, -0.05) is 38.7 Å². The maximum absolute atomic E-state index is 12.0. The molecule has 1 saturated heterocycles. The highest BCUT2D eigenvalue weighted by Crippen LogP contribution is 2.06. The number of hydrogen-bond acceptors (Lipinski definition) is 2. The Morgan fingerprint density at radius 1 is 1.05 bits per heavy atom. The van der Waals surface area contributed by atoms with Crippen molar-refractivity contribution in [2.75, 3.05) is 33.2 Å². The molecule has 0 aromatic carbocycles. The van der Waals surface area contributed by atoms with Crippen molar-refractivity contribution in [3.8, 4) is 0 Å². The summed E-state index contributed by atoms with van der Waals surface area (Å²) in [5, 5.41) is 0. The van der Waals surface area contributed by atoms with E-state index in [9.17, 15) is 4.79 Å². The van der Waals surface area contributed by atoms with Crippen LogP contribution in [0.4, 0.5) is 0 Å². The van der Waals surface area contributed by atoms with Crippen LogP contribution in [0.5, 0.6) is 0 Å². The summed E-state index contributed by atoms with van der Waals surface area (Å²) in [6.45, 7) is 6.11. The summed E-state index contributed by atoms with van der Waals surface area (Å²) in [5.41, 5.74) is 0. The number of likely N-dealkylation sites (N-methyl/N-ethyl adjacent to an activating group) is 1. The van der Waals surface area contributed by atoms with E-state index in [1.54, 1.807) is 6.08 Å². The second kappa shape index (κ2) is 10.0. The second-order valence-corrected chi connectivity index (χ2v) is 5.59. The molecule has 0 N–H and O–H groups in total. The highest BCUT2D eigenvalue weighted by molar-refractivity contribution is 5.87. The van der Waals surface area contributed by atoms with E-state index in [-0.39, 0.29) is 5.91 Å². The molecule has 0 aromatic rings. The monoisotopic (exact) mass is 266 g/mol. The van der Waals surface area contributed by atoms with Crippen LogP contribution in [-0.2, 0) is 4.79 Å². The lowest BCUT2D eigenvalue weighted by Gasteiger charge is -2.18. The maximum atomic E-state index is 12.0. The largest absolute Gasteiger partial charge is 0.338 e. The average molecular weight is 266 g/mol. The van der Waals surface area contributed by atoms with Crippen molar-refractivity contribution in [1.82, 2.24) is 9.80 Å². The van der Waals surface area contributed by atoms with Gasteiger partial charge in [-0.2, -0.15) is 0 Å². The predicted molar refractivity (Wildman–Crippen MR) is 81.2 cm³/mol. The van der Waals surface area contributed by atoms with Gasteiger partial charge >= 0.3 is 0 Å². The Morgan fingerprint density at radius 2 is 1.84 bits per heavy atom. The van der Waals surface area contributed by atoms with Gasteiger partial charge in [0.2, 0.25) is 5.91 Å². The number of hydrogen-bond donors (Lipinski definition) is 0. The Hall–Kier alpha value is -0.830. The zero-order chi connectivity index (χ0) is 13.9. The zero-order valence-corrected chi connectivity index (χ0v) is 12.7. The van der Waals surface area contributed by atoms with Gasteiger partial charge in [0, 0.05) is 19.6 Å². The van der Waals surface area contributed by atoms with Gasteiger partial charge in [0.15, 0.2) is 0 Å². The van der Waals surface area contributed by atoms with E-state index < -0.39 is 0 Å². The van der Waals surface area contributed by atoms with Crippen molar-refractivity contribution in [3.63, 3.8) is 0 Å². The van der Waals surface area contributed by atoms with E-state index in [4.69, 9.17) is 0 Å². The molecular formula is C16H30N2O. The normalized spacial score (nSPS) is 17.9. The van der Waals surface area contributed by atoms with Crippen LogP contribution in [-0.4, -0.2) is 48.9 Å². The standard InChI is InChI=1S/C16H30N2O/c1-3-4-5-6-7-8-9-11-16(19)18-13-10-12-17(2)14-15-18/h9,11H,3-8,10,12-15H2,1-2H3. The van der Waals surface area contributed by atoms with Gasteiger partial charge in [0.1, 0.15) is 0 Å². The van der Waals surface area contributed by atoms with Crippen molar-refractivity contribution in [2.45, 2.75) is 51.9 Å². The summed E-state index contributed by atoms with van der Waals surface area (Å²) >= 11 is 0. The average Bonchev–Trinajstić information content (AvgIpc) is 2.62. The van der Waals surface area contributed by atoms with E-state index in [2.05, 4.69) is 24.9 Å². The molecule has 1 aliphatic heterocycles. The maximum Gasteiger partial charge on any atom is 0.246 e. The molecule has 0 aliphatic carbocycles. The van der Waals surface area contributed by atoms with Crippen LogP contribution < -0.4 is 0 Å². The quantitative estimate of drug-likeness (QED) is 0.522. The number of unbranched alkanes of at least 4 members (excludes halogenated alkanes) is 5. The van der Waals surface area contributed by atoms with Crippen molar-refractivity contribution in [3.05, 3.63) is 12.2 Å². The lowest BCUT2D eigenvalue weighted by molar-refractivity contribution is -0.125. The Bertz CT molecular complexity index is 276. The third-order valence-corrected chi connectivity index (χ3v) is 3.77. The molecule has 110 valence electrons. The Morgan fingerprint density at radius 3 is 2.63 bits per heavy atom. The van der Waals surface area contributed by atoms with Crippen LogP contribution in [0.2, 0.25) is 0 Å². The first-order valence-corrected chi connectivity index (χ1v) is 7.88. The minimum absolute atomic E-state index is 0.198. The van der Waals surface area contributed by atoms with Gasteiger partial charge in [-0.05, 0) is 38.9 Å². The topological polar surface area (TPSA) is 23.6 Å². The van der Waals surface area contributed by atoms with Crippen molar-refractivity contribution in [1.29, 1.82) is 0 Å². The SMILES string of the molecule is CCCCCCCC=CC(=O)N1CCCN(C)CC1. The summed E-state index contributed by atoms with van der Waals surface area (Å²) in [4.78, 5) is 16.3. The second-order valence-electron chi connectivity index (χ2n) is 5.59. The van der Waals surface area contributed by atoms with Crippen molar-refractivity contribution in [2.24, 2.45) is 0 Å². The number of allylic oxidation sites excluding steroid dienone is 1. The summed E-state index contributed by atoms with van der Waals surface area (Å²) in [5.74, 6) is 0.198. The number of carbonyl (C=O) groups is 1. The predicted octanol–water partition coefficient (Wildman–Crippen LogP) is 3.07. The van der Waals surface area contributed by atoms with Crippen molar-refractivity contribution < 1.29 is 4.79 Å². The van der Waals surface area contributed by atoms with Crippen LogP contribution in [0.25, 0.3) is 0 Å². The van der Waals surface area contributed by atoms with Crippen LogP contribution in [0.1, 0.15) is 51.9 Å². The first-order valence-electron chi connectivity index (χ1n) is 7.88. The fraction of sp³-hybridized carbons (Fsp3) is 0.812. The van der Waals surface area contributed by atoms with E-state index in [0.717, 1.165) is 39.0 Å². The molecule has 3 nitrogen and oxygen atoms in total. The number of nitrogens with zero attached hydrogens (tertiary/aromatic N) is 2. The molecule has 19 heavy (non-hydrogen) atoms. The fourth-order valence-electron chi connectivity index (χ4n) is 2.42. The third-order valence-electron chi connectivity index (χ3n) is 3.77. The highest BCUT2D eigenvalue weighted by Gasteiger charge is 2.14. The zero-order valence-electron chi connectivity index (χ0n) is 12.7. The minimum atomic E-state index is 0.198. The van der Waals surface area contributed by atoms with Crippen LogP contribution in [0.3, 0.4) is 0 Å². The molecule has 1 amide bonds. The molecule has 0 spiro atoms. The third kappa shape index (κ3) is 7.36. The summed E-state index contributed by atoms with van der Waals surface area (Å²) < 4.78 is 0. The lowest BCUT2D eigenvalue weighted by Crippen LogP contribution is -2.33. The first kappa shape index (κ1) is 16.2. The van der Waals surface area contributed by atoms with E-state index >= 15 is 0 Å². The summed E-state index contributed by atoms with van der Waals surface area (Å²) in [7, 11) is 2.13. The molecule has 3 heteroatoms. The summed E-state index contributed by atoms with van der Waals surface area (Å²) in [6.07, 6.45) is 12.4. The number of amides is 1. The van der Waals surface area contributed by atoms with Gasteiger partial charge in [-0.25, -0.2) is 0 Å².